The highest BCUT2D eigenvalue weighted by atomic mass is 16.2. The van der Waals surface area contributed by atoms with E-state index < -0.39 is 11.8 Å². The lowest BCUT2D eigenvalue weighted by Crippen LogP contribution is -2.40. The fraction of sp³-hybridized carbons (Fsp3) is 0.308. The zero-order chi connectivity index (χ0) is 13.8. The molecule has 0 spiro atoms. The van der Waals surface area contributed by atoms with Crippen LogP contribution in [0.4, 0.5) is 5.69 Å². The van der Waals surface area contributed by atoms with Crippen molar-refractivity contribution in [3.63, 3.8) is 0 Å². The molecule has 0 fully saturated rings. The molecule has 6 heteroatoms. The minimum atomic E-state index is -0.667. The summed E-state index contributed by atoms with van der Waals surface area (Å²) < 4.78 is 0. The average molecular weight is 260 g/mol. The van der Waals surface area contributed by atoms with Crippen LogP contribution in [0.3, 0.4) is 0 Å². The topological polar surface area (TPSA) is 86.9 Å². The SMILES string of the molecule is CCC(C)NC(=O)C(=O)Nc1ccc2nc[nH]c2c1. The molecule has 0 aliphatic rings. The van der Waals surface area contributed by atoms with Gasteiger partial charge in [-0.25, -0.2) is 4.98 Å². The van der Waals surface area contributed by atoms with E-state index in [4.69, 9.17) is 0 Å². The van der Waals surface area contributed by atoms with Gasteiger partial charge < -0.3 is 15.6 Å². The van der Waals surface area contributed by atoms with E-state index in [1.54, 1.807) is 24.5 Å². The number of benzene rings is 1. The predicted octanol–water partition coefficient (Wildman–Crippen LogP) is 1.42. The van der Waals surface area contributed by atoms with Crippen LogP contribution >= 0.6 is 0 Å². The molecule has 3 N–H and O–H groups in total. The number of aromatic nitrogens is 2. The van der Waals surface area contributed by atoms with Gasteiger partial charge in [-0.2, -0.15) is 0 Å². The summed E-state index contributed by atoms with van der Waals surface area (Å²) in [5.74, 6) is -1.29. The van der Waals surface area contributed by atoms with Crippen LogP contribution < -0.4 is 10.6 Å². The molecule has 0 saturated heterocycles. The maximum Gasteiger partial charge on any atom is 0.313 e. The Bertz CT molecular complexity index is 605. The van der Waals surface area contributed by atoms with Gasteiger partial charge in [0.2, 0.25) is 0 Å². The molecule has 100 valence electrons. The van der Waals surface area contributed by atoms with Crippen LogP contribution in [0.5, 0.6) is 0 Å². The lowest BCUT2D eigenvalue weighted by atomic mass is 10.2. The minimum absolute atomic E-state index is 0.0201. The second-order valence-electron chi connectivity index (χ2n) is 4.37. The lowest BCUT2D eigenvalue weighted by Gasteiger charge is -2.11. The Morgan fingerprint density at radius 2 is 2.16 bits per heavy atom. The van der Waals surface area contributed by atoms with Crippen LogP contribution in [0.1, 0.15) is 20.3 Å². The molecule has 2 rings (SSSR count). The maximum absolute atomic E-state index is 11.7. The number of anilines is 1. The number of imidazole rings is 1. The Kier molecular flexibility index (Phi) is 3.79. The Morgan fingerprint density at radius 3 is 2.89 bits per heavy atom. The summed E-state index contributed by atoms with van der Waals surface area (Å²) in [6.45, 7) is 3.79. The van der Waals surface area contributed by atoms with E-state index in [0.717, 1.165) is 17.5 Å². The molecule has 0 radical (unpaired) electrons. The van der Waals surface area contributed by atoms with E-state index in [0.29, 0.717) is 5.69 Å². The average Bonchev–Trinajstić information content (AvgIpc) is 2.85. The Hall–Kier alpha value is -2.37. The summed E-state index contributed by atoms with van der Waals surface area (Å²) in [5, 5.41) is 5.16. The second kappa shape index (κ2) is 5.51. The van der Waals surface area contributed by atoms with Crippen molar-refractivity contribution >= 4 is 28.5 Å². The van der Waals surface area contributed by atoms with Gasteiger partial charge in [0.25, 0.3) is 0 Å². The number of carbonyl (C=O) groups is 2. The van der Waals surface area contributed by atoms with Crippen LogP contribution in [0.25, 0.3) is 11.0 Å². The summed E-state index contributed by atoms with van der Waals surface area (Å²) >= 11 is 0. The molecule has 1 unspecified atom stereocenters. The molecule has 2 amide bonds. The van der Waals surface area contributed by atoms with Crippen molar-refractivity contribution in [3.8, 4) is 0 Å². The second-order valence-corrected chi connectivity index (χ2v) is 4.37. The van der Waals surface area contributed by atoms with Gasteiger partial charge in [0, 0.05) is 11.7 Å². The number of nitrogens with zero attached hydrogens (tertiary/aromatic N) is 1. The van der Waals surface area contributed by atoms with E-state index in [1.807, 2.05) is 13.8 Å². The third-order valence-electron chi connectivity index (χ3n) is 2.87. The first kappa shape index (κ1) is 13.1. The quantitative estimate of drug-likeness (QED) is 0.729. The minimum Gasteiger partial charge on any atom is -0.345 e. The van der Waals surface area contributed by atoms with Crippen molar-refractivity contribution in [2.75, 3.05) is 5.32 Å². The zero-order valence-corrected chi connectivity index (χ0v) is 10.9. The Balaban J connectivity index is 2.03. The summed E-state index contributed by atoms with van der Waals surface area (Å²) in [4.78, 5) is 30.3. The molecule has 1 heterocycles. The zero-order valence-electron chi connectivity index (χ0n) is 10.9. The summed E-state index contributed by atoms with van der Waals surface area (Å²) in [6, 6.07) is 5.19. The standard InChI is InChI=1S/C13H16N4O2/c1-3-8(2)16-12(18)13(19)17-9-4-5-10-11(6-9)15-7-14-10/h4-8H,3H2,1-2H3,(H,14,15)(H,16,18)(H,17,19). The van der Waals surface area contributed by atoms with Crippen LogP contribution in [0, 0.1) is 0 Å². The van der Waals surface area contributed by atoms with Gasteiger partial charge >= 0.3 is 11.8 Å². The van der Waals surface area contributed by atoms with Gasteiger partial charge in [-0.3, -0.25) is 9.59 Å². The highest BCUT2D eigenvalue weighted by molar-refractivity contribution is 6.39. The van der Waals surface area contributed by atoms with Crippen molar-refractivity contribution in [2.24, 2.45) is 0 Å². The van der Waals surface area contributed by atoms with Crippen molar-refractivity contribution in [1.82, 2.24) is 15.3 Å². The monoisotopic (exact) mass is 260 g/mol. The van der Waals surface area contributed by atoms with Crippen molar-refractivity contribution in [2.45, 2.75) is 26.3 Å². The number of fused-ring (bicyclic) bond motifs is 1. The highest BCUT2D eigenvalue weighted by Gasteiger charge is 2.15. The van der Waals surface area contributed by atoms with Gasteiger partial charge in [0.15, 0.2) is 0 Å². The van der Waals surface area contributed by atoms with Crippen LogP contribution in [0.15, 0.2) is 24.5 Å². The third-order valence-corrected chi connectivity index (χ3v) is 2.87. The first-order chi connectivity index (χ1) is 9.10. The van der Waals surface area contributed by atoms with E-state index >= 15 is 0 Å². The molecule has 2 aromatic rings. The molecule has 0 bridgehead atoms. The van der Waals surface area contributed by atoms with Crippen molar-refractivity contribution in [1.29, 1.82) is 0 Å². The number of hydrogen-bond acceptors (Lipinski definition) is 3. The Morgan fingerprint density at radius 1 is 1.37 bits per heavy atom. The summed E-state index contributed by atoms with van der Waals surface area (Å²) in [5.41, 5.74) is 2.17. The van der Waals surface area contributed by atoms with Gasteiger partial charge in [-0.15, -0.1) is 0 Å². The number of carbonyl (C=O) groups excluding carboxylic acids is 2. The largest absolute Gasteiger partial charge is 0.345 e. The van der Waals surface area contributed by atoms with Gasteiger partial charge in [0.1, 0.15) is 0 Å². The number of amides is 2. The number of H-pyrrole nitrogens is 1. The number of aromatic amines is 1. The molecule has 0 aliphatic heterocycles. The van der Waals surface area contributed by atoms with Gasteiger partial charge in [0.05, 0.1) is 17.4 Å². The maximum atomic E-state index is 11.7. The van der Waals surface area contributed by atoms with Crippen LogP contribution in [-0.4, -0.2) is 27.8 Å². The third kappa shape index (κ3) is 3.09. The van der Waals surface area contributed by atoms with Crippen molar-refractivity contribution in [3.05, 3.63) is 24.5 Å². The first-order valence-corrected chi connectivity index (χ1v) is 6.15. The van der Waals surface area contributed by atoms with Gasteiger partial charge in [-0.05, 0) is 31.5 Å². The van der Waals surface area contributed by atoms with E-state index in [2.05, 4.69) is 20.6 Å². The molecular formula is C13H16N4O2. The number of hydrogen-bond donors (Lipinski definition) is 3. The molecule has 1 aromatic carbocycles. The Labute approximate surface area is 110 Å². The van der Waals surface area contributed by atoms with Crippen LogP contribution in [0.2, 0.25) is 0 Å². The summed E-state index contributed by atoms with van der Waals surface area (Å²) in [7, 11) is 0. The van der Waals surface area contributed by atoms with Crippen LogP contribution in [-0.2, 0) is 9.59 Å². The molecule has 1 aromatic heterocycles. The summed E-state index contributed by atoms with van der Waals surface area (Å²) in [6.07, 6.45) is 2.35. The smallest absolute Gasteiger partial charge is 0.313 e. The van der Waals surface area contributed by atoms with Gasteiger partial charge in [-0.1, -0.05) is 6.92 Å². The number of nitrogens with one attached hydrogen (secondary N) is 3. The van der Waals surface area contributed by atoms with Crippen molar-refractivity contribution < 1.29 is 9.59 Å². The number of rotatable bonds is 3. The molecule has 0 aliphatic carbocycles. The molecular weight excluding hydrogens is 244 g/mol. The normalized spacial score (nSPS) is 12.1. The lowest BCUT2D eigenvalue weighted by molar-refractivity contribution is -0.136. The predicted molar refractivity (Wildman–Crippen MR) is 72.6 cm³/mol. The molecule has 0 saturated carbocycles. The highest BCUT2D eigenvalue weighted by Crippen LogP contribution is 2.15. The fourth-order valence-electron chi connectivity index (χ4n) is 1.59. The molecule has 19 heavy (non-hydrogen) atoms. The molecule has 6 nitrogen and oxygen atoms in total. The van der Waals surface area contributed by atoms with E-state index in [-0.39, 0.29) is 6.04 Å². The molecule has 1 atom stereocenters. The van der Waals surface area contributed by atoms with E-state index in [9.17, 15) is 9.59 Å². The van der Waals surface area contributed by atoms with E-state index in [1.165, 1.54) is 0 Å². The first-order valence-electron chi connectivity index (χ1n) is 6.15. The fourth-order valence-corrected chi connectivity index (χ4v) is 1.59.